The Hall–Kier alpha value is -2.86. The van der Waals surface area contributed by atoms with Gasteiger partial charge in [-0.05, 0) is 24.1 Å². The number of fused-ring (bicyclic) bond motifs is 1. The molecule has 0 amide bonds. The van der Waals surface area contributed by atoms with Crippen LogP contribution in [0.5, 0.6) is 11.5 Å². The molecule has 0 aliphatic heterocycles. The van der Waals surface area contributed by atoms with Crippen molar-refractivity contribution in [3.05, 3.63) is 48.3 Å². The van der Waals surface area contributed by atoms with E-state index in [-0.39, 0.29) is 6.61 Å². The molecule has 6 nitrogen and oxygen atoms in total. The number of aliphatic hydroxyl groups is 1. The van der Waals surface area contributed by atoms with Gasteiger partial charge in [-0.2, -0.15) is 0 Å². The molecule has 0 saturated carbocycles. The topological polar surface area (TPSA) is 76.5 Å². The maximum atomic E-state index is 9.22. The van der Waals surface area contributed by atoms with Crippen molar-refractivity contribution >= 4 is 22.4 Å². The highest BCUT2D eigenvalue weighted by atomic mass is 16.5. The zero-order valence-corrected chi connectivity index (χ0v) is 13.6. The summed E-state index contributed by atoms with van der Waals surface area (Å²) in [5.41, 5.74) is 2.68. The molecule has 3 aromatic rings. The van der Waals surface area contributed by atoms with Gasteiger partial charge in [0.05, 0.1) is 19.7 Å². The van der Waals surface area contributed by atoms with E-state index in [9.17, 15) is 5.11 Å². The molecule has 0 spiro atoms. The summed E-state index contributed by atoms with van der Waals surface area (Å²) < 4.78 is 10.7. The minimum atomic E-state index is 0.0915. The molecular weight excluding hydrogens is 306 g/mol. The van der Waals surface area contributed by atoms with E-state index in [1.807, 2.05) is 36.4 Å². The number of nitrogens with one attached hydrogen (secondary N) is 1. The number of methoxy groups -OCH3 is 2. The Kier molecular flexibility index (Phi) is 4.77. The fraction of sp³-hybridized carbons (Fsp3) is 0.222. The summed E-state index contributed by atoms with van der Waals surface area (Å²) in [6.45, 7) is 0.0915. The highest BCUT2D eigenvalue weighted by Crippen LogP contribution is 2.34. The molecule has 1 aromatic heterocycles. The predicted octanol–water partition coefficient (Wildman–Crippen LogP) is 2.93. The first-order valence-corrected chi connectivity index (χ1v) is 7.59. The number of rotatable bonds is 6. The Labute approximate surface area is 140 Å². The normalized spacial score (nSPS) is 10.6. The molecule has 1 heterocycles. The summed E-state index contributed by atoms with van der Waals surface area (Å²) in [4.78, 5) is 8.65. The first-order valence-electron chi connectivity index (χ1n) is 7.59. The first-order chi connectivity index (χ1) is 11.8. The maximum Gasteiger partial charge on any atom is 0.162 e. The second-order valence-electron chi connectivity index (χ2n) is 5.20. The summed E-state index contributed by atoms with van der Waals surface area (Å²) in [5, 5.41) is 13.4. The lowest BCUT2D eigenvalue weighted by atomic mass is 10.1. The molecule has 0 radical (unpaired) electrons. The van der Waals surface area contributed by atoms with Gasteiger partial charge >= 0.3 is 0 Å². The monoisotopic (exact) mass is 325 g/mol. The number of anilines is 2. The van der Waals surface area contributed by atoms with E-state index in [2.05, 4.69) is 15.3 Å². The molecule has 0 saturated heterocycles. The van der Waals surface area contributed by atoms with Crippen LogP contribution in [-0.2, 0) is 6.42 Å². The van der Waals surface area contributed by atoms with E-state index in [1.165, 1.54) is 6.33 Å². The van der Waals surface area contributed by atoms with E-state index >= 15 is 0 Å². The Balaban J connectivity index is 2.07. The number of para-hydroxylation sites is 1. The van der Waals surface area contributed by atoms with E-state index in [1.54, 1.807) is 14.2 Å². The van der Waals surface area contributed by atoms with Crippen LogP contribution in [0.1, 0.15) is 5.56 Å². The summed E-state index contributed by atoms with van der Waals surface area (Å²) >= 11 is 0. The van der Waals surface area contributed by atoms with Gasteiger partial charge in [0.25, 0.3) is 0 Å². The molecule has 0 bridgehead atoms. The largest absolute Gasteiger partial charge is 0.493 e. The van der Waals surface area contributed by atoms with Crippen LogP contribution in [0, 0.1) is 0 Å². The summed E-state index contributed by atoms with van der Waals surface area (Å²) in [5.74, 6) is 1.91. The smallest absolute Gasteiger partial charge is 0.162 e. The van der Waals surface area contributed by atoms with Crippen molar-refractivity contribution in [1.82, 2.24) is 9.97 Å². The van der Waals surface area contributed by atoms with Gasteiger partial charge in [0, 0.05) is 23.7 Å². The van der Waals surface area contributed by atoms with Gasteiger partial charge in [-0.3, -0.25) is 0 Å². The Bertz CT molecular complexity index is 852. The van der Waals surface area contributed by atoms with E-state index in [0.29, 0.717) is 23.7 Å². The van der Waals surface area contributed by atoms with Crippen LogP contribution in [-0.4, -0.2) is 35.9 Å². The third-order valence-corrected chi connectivity index (χ3v) is 3.79. The van der Waals surface area contributed by atoms with Crippen LogP contribution >= 0.6 is 0 Å². The number of hydrogen-bond donors (Lipinski definition) is 2. The maximum absolute atomic E-state index is 9.22. The number of benzene rings is 2. The van der Waals surface area contributed by atoms with Crippen LogP contribution in [0.25, 0.3) is 10.9 Å². The van der Waals surface area contributed by atoms with Crippen molar-refractivity contribution in [2.45, 2.75) is 6.42 Å². The van der Waals surface area contributed by atoms with Crippen molar-refractivity contribution in [3.8, 4) is 11.5 Å². The van der Waals surface area contributed by atoms with E-state index in [0.717, 1.165) is 22.2 Å². The van der Waals surface area contributed by atoms with Gasteiger partial charge in [0.2, 0.25) is 0 Å². The predicted molar refractivity (Wildman–Crippen MR) is 93.2 cm³/mol. The lowest BCUT2D eigenvalue weighted by Gasteiger charge is -2.14. The number of aliphatic hydroxyl groups excluding tert-OH is 1. The van der Waals surface area contributed by atoms with Crippen molar-refractivity contribution in [3.63, 3.8) is 0 Å². The van der Waals surface area contributed by atoms with Crippen LogP contribution in [0.15, 0.2) is 42.7 Å². The molecule has 0 fully saturated rings. The number of hydrogen-bond acceptors (Lipinski definition) is 6. The van der Waals surface area contributed by atoms with Crippen LogP contribution in [0.3, 0.4) is 0 Å². The second-order valence-corrected chi connectivity index (χ2v) is 5.20. The van der Waals surface area contributed by atoms with E-state index < -0.39 is 0 Å². The number of nitrogens with zero attached hydrogens (tertiary/aromatic N) is 2. The van der Waals surface area contributed by atoms with Gasteiger partial charge in [0.15, 0.2) is 11.5 Å². The summed E-state index contributed by atoms with van der Waals surface area (Å²) in [6, 6.07) is 11.5. The summed E-state index contributed by atoms with van der Waals surface area (Å²) in [7, 11) is 3.19. The molecule has 0 atom stereocenters. The van der Waals surface area contributed by atoms with Crippen molar-refractivity contribution in [1.29, 1.82) is 0 Å². The molecule has 124 valence electrons. The van der Waals surface area contributed by atoms with Crippen LogP contribution in [0.4, 0.5) is 11.5 Å². The Morgan fingerprint density at radius 3 is 2.54 bits per heavy atom. The molecule has 2 aromatic carbocycles. The number of ether oxygens (including phenoxy) is 2. The second kappa shape index (κ2) is 7.14. The molecule has 0 aliphatic rings. The minimum Gasteiger partial charge on any atom is -0.493 e. The fourth-order valence-corrected chi connectivity index (χ4v) is 2.59. The number of aromatic nitrogens is 2. The zero-order chi connectivity index (χ0) is 16.9. The zero-order valence-electron chi connectivity index (χ0n) is 13.6. The van der Waals surface area contributed by atoms with Crippen molar-refractivity contribution in [2.75, 3.05) is 26.1 Å². The third kappa shape index (κ3) is 3.09. The highest BCUT2D eigenvalue weighted by molar-refractivity contribution is 5.93. The lowest BCUT2D eigenvalue weighted by molar-refractivity contribution is 0.300. The highest BCUT2D eigenvalue weighted by Gasteiger charge is 2.12. The van der Waals surface area contributed by atoms with Gasteiger partial charge in [0.1, 0.15) is 12.1 Å². The molecule has 24 heavy (non-hydrogen) atoms. The summed E-state index contributed by atoms with van der Waals surface area (Å²) in [6.07, 6.45) is 2.08. The van der Waals surface area contributed by atoms with Gasteiger partial charge in [-0.15, -0.1) is 0 Å². The average molecular weight is 325 g/mol. The Morgan fingerprint density at radius 2 is 1.79 bits per heavy atom. The lowest BCUT2D eigenvalue weighted by Crippen LogP contribution is -2.01. The minimum absolute atomic E-state index is 0.0915. The SMILES string of the molecule is COc1cc2ncnc(Nc3ccccc3CCO)c2cc1OC. The Morgan fingerprint density at radius 1 is 1.04 bits per heavy atom. The molecule has 2 N–H and O–H groups in total. The molecular formula is C18H19N3O3. The molecule has 3 rings (SSSR count). The molecule has 0 aliphatic carbocycles. The molecule has 0 unspecified atom stereocenters. The van der Waals surface area contributed by atoms with Crippen LogP contribution < -0.4 is 14.8 Å². The van der Waals surface area contributed by atoms with Gasteiger partial charge < -0.3 is 19.9 Å². The third-order valence-electron chi connectivity index (χ3n) is 3.79. The van der Waals surface area contributed by atoms with E-state index in [4.69, 9.17) is 9.47 Å². The average Bonchev–Trinajstić information content (AvgIpc) is 2.62. The van der Waals surface area contributed by atoms with Crippen molar-refractivity contribution < 1.29 is 14.6 Å². The van der Waals surface area contributed by atoms with Gasteiger partial charge in [-0.25, -0.2) is 9.97 Å². The standard InChI is InChI=1S/C18H19N3O3/c1-23-16-9-13-15(10-17(16)24-2)19-11-20-18(13)21-14-6-4-3-5-12(14)7-8-22/h3-6,9-11,22H,7-8H2,1-2H3,(H,19,20,21). The van der Waals surface area contributed by atoms with Gasteiger partial charge in [-0.1, -0.05) is 18.2 Å². The molecule has 6 heteroatoms. The first kappa shape index (κ1) is 16.0. The van der Waals surface area contributed by atoms with Crippen molar-refractivity contribution in [2.24, 2.45) is 0 Å². The fourth-order valence-electron chi connectivity index (χ4n) is 2.59. The van der Waals surface area contributed by atoms with Crippen LogP contribution in [0.2, 0.25) is 0 Å². The quantitative estimate of drug-likeness (QED) is 0.726.